The average Bonchev–Trinajstić information content (AvgIpc) is 2.53. The molecule has 0 radical (unpaired) electrons. The van der Waals surface area contributed by atoms with Crippen LogP contribution in [0, 0.1) is 5.41 Å². The van der Waals surface area contributed by atoms with Crippen molar-refractivity contribution < 1.29 is 0 Å². The van der Waals surface area contributed by atoms with Crippen LogP contribution in [0.1, 0.15) is 38.4 Å². The lowest BCUT2D eigenvalue weighted by Crippen LogP contribution is -2.55. The van der Waals surface area contributed by atoms with Gasteiger partial charge in [0.2, 0.25) is 0 Å². The van der Waals surface area contributed by atoms with Crippen LogP contribution in [0.3, 0.4) is 0 Å². The summed E-state index contributed by atoms with van der Waals surface area (Å²) in [7, 11) is 1.91. The van der Waals surface area contributed by atoms with Crippen LogP contribution in [-0.2, 0) is 7.05 Å². The van der Waals surface area contributed by atoms with Gasteiger partial charge < -0.3 is 5.32 Å². The van der Waals surface area contributed by atoms with Gasteiger partial charge in [0.1, 0.15) is 5.69 Å². The van der Waals surface area contributed by atoms with E-state index in [0.29, 0.717) is 11.5 Å². The molecule has 1 aromatic heterocycles. The highest BCUT2D eigenvalue weighted by atomic mass is 15.4. The molecule has 1 aromatic rings. The first-order valence-electron chi connectivity index (χ1n) is 5.31. The minimum atomic E-state index is 0.409. The van der Waals surface area contributed by atoms with Crippen LogP contribution in [0.4, 0.5) is 0 Å². The van der Waals surface area contributed by atoms with Crippen molar-refractivity contribution in [1.82, 2.24) is 20.3 Å². The zero-order chi connectivity index (χ0) is 10.2. The second-order valence-corrected chi connectivity index (χ2v) is 4.20. The third-order valence-electron chi connectivity index (χ3n) is 3.60. The summed E-state index contributed by atoms with van der Waals surface area (Å²) in [5, 5.41) is 11.6. The van der Waals surface area contributed by atoms with Crippen LogP contribution >= 0.6 is 0 Å². The van der Waals surface area contributed by atoms with Gasteiger partial charge in [0.05, 0.1) is 6.04 Å². The molecule has 2 heterocycles. The van der Waals surface area contributed by atoms with Crippen molar-refractivity contribution >= 4 is 0 Å². The van der Waals surface area contributed by atoms with Gasteiger partial charge in [0.15, 0.2) is 0 Å². The number of nitrogens with one attached hydrogen (secondary N) is 1. The van der Waals surface area contributed by atoms with Gasteiger partial charge in [-0.2, -0.15) is 0 Å². The quantitative estimate of drug-likeness (QED) is 0.788. The summed E-state index contributed by atoms with van der Waals surface area (Å²) >= 11 is 0. The van der Waals surface area contributed by atoms with E-state index in [0.717, 1.165) is 12.2 Å². The fourth-order valence-corrected chi connectivity index (χ4v) is 2.32. The zero-order valence-corrected chi connectivity index (χ0v) is 9.12. The van der Waals surface area contributed by atoms with E-state index in [1.54, 1.807) is 4.68 Å². The largest absolute Gasteiger partial charge is 0.307 e. The molecule has 4 nitrogen and oxygen atoms in total. The predicted molar refractivity (Wildman–Crippen MR) is 54.8 cm³/mol. The lowest BCUT2D eigenvalue weighted by Gasteiger charge is -2.49. The molecule has 14 heavy (non-hydrogen) atoms. The Hall–Kier alpha value is -0.900. The highest BCUT2D eigenvalue weighted by Gasteiger charge is 2.45. The molecule has 1 unspecified atom stereocenters. The Morgan fingerprint density at radius 1 is 1.57 bits per heavy atom. The Labute approximate surface area is 84.7 Å². The van der Waals surface area contributed by atoms with Crippen molar-refractivity contribution in [3.63, 3.8) is 0 Å². The first kappa shape index (κ1) is 9.65. The van der Waals surface area contributed by atoms with Gasteiger partial charge in [-0.1, -0.05) is 19.1 Å². The molecule has 78 valence electrons. The smallest absolute Gasteiger partial charge is 0.100 e. The summed E-state index contributed by atoms with van der Waals surface area (Å²) in [5.41, 5.74) is 1.50. The molecule has 0 amide bonds. The molecule has 0 aliphatic carbocycles. The molecule has 0 saturated carbocycles. The molecule has 1 saturated heterocycles. The third-order valence-corrected chi connectivity index (χ3v) is 3.60. The average molecular weight is 194 g/mol. The highest BCUT2D eigenvalue weighted by molar-refractivity contribution is 5.13. The topological polar surface area (TPSA) is 42.7 Å². The van der Waals surface area contributed by atoms with Crippen LogP contribution in [0.2, 0.25) is 0 Å². The van der Waals surface area contributed by atoms with E-state index in [4.69, 9.17) is 0 Å². The van der Waals surface area contributed by atoms with Crippen LogP contribution in [0.15, 0.2) is 6.20 Å². The van der Waals surface area contributed by atoms with Crippen molar-refractivity contribution in [1.29, 1.82) is 0 Å². The Morgan fingerprint density at radius 2 is 2.29 bits per heavy atom. The van der Waals surface area contributed by atoms with E-state index >= 15 is 0 Å². The first-order valence-corrected chi connectivity index (χ1v) is 5.31. The lowest BCUT2D eigenvalue weighted by atomic mass is 9.68. The van der Waals surface area contributed by atoms with E-state index in [9.17, 15) is 0 Å². The number of nitrogens with zero attached hydrogens (tertiary/aromatic N) is 3. The van der Waals surface area contributed by atoms with Crippen molar-refractivity contribution in [2.75, 3.05) is 6.54 Å². The van der Waals surface area contributed by atoms with Gasteiger partial charge in [-0.05, 0) is 12.8 Å². The minimum Gasteiger partial charge on any atom is -0.307 e. The summed E-state index contributed by atoms with van der Waals surface area (Å²) in [4.78, 5) is 0. The van der Waals surface area contributed by atoms with Gasteiger partial charge in [0, 0.05) is 25.2 Å². The number of hydrogen-bond acceptors (Lipinski definition) is 3. The van der Waals surface area contributed by atoms with E-state index < -0.39 is 0 Å². The van der Waals surface area contributed by atoms with E-state index in [1.165, 1.54) is 12.8 Å². The normalized spacial score (nSPS) is 24.6. The molecule has 2 rings (SSSR count). The van der Waals surface area contributed by atoms with Crippen molar-refractivity contribution in [2.24, 2.45) is 12.5 Å². The third kappa shape index (κ3) is 1.25. The van der Waals surface area contributed by atoms with Crippen molar-refractivity contribution in [3.05, 3.63) is 11.9 Å². The fourth-order valence-electron chi connectivity index (χ4n) is 2.32. The van der Waals surface area contributed by atoms with E-state index in [2.05, 4.69) is 29.5 Å². The number of aromatic nitrogens is 3. The molecular weight excluding hydrogens is 176 g/mol. The van der Waals surface area contributed by atoms with Gasteiger partial charge in [-0.15, -0.1) is 5.10 Å². The zero-order valence-electron chi connectivity index (χ0n) is 9.12. The lowest BCUT2D eigenvalue weighted by molar-refractivity contribution is 0.0678. The fraction of sp³-hybridized carbons (Fsp3) is 0.800. The van der Waals surface area contributed by atoms with E-state index in [-0.39, 0.29) is 0 Å². The molecule has 4 heteroatoms. The number of aryl methyl sites for hydroxylation is 1. The maximum Gasteiger partial charge on any atom is 0.100 e. The first-order chi connectivity index (χ1) is 6.72. The summed E-state index contributed by atoms with van der Waals surface area (Å²) in [6.45, 7) is 5.63. The molecule has 1 fully saturated rings. The van der Waals surface area contributed by atoms with Crippen LogP contribution in [0.5, 0.6) is 0 Å². The Kier molecular flexibility index (Phi) is 2.31. The molecule has 1 atom stereocenters. The standard InChI is InChI=1S/C10H18N4/c1-4-10(5-2)7-11-9(10)8-6-14(3)13-12-8/h6,9,11H,4-5,7H2,1-3H3. The SMILES string of the molecule is CCC1(CC)CNC1c1cn(C)nn1. The van der Waals surface area contributed by atoms with Crippen LogP contribution in [0.25, 0.3) is 0 Å². The number of hydrogen-bond donors (Lipinski definition) is 1. The van der Waals surface area contributed by atoms with Crippen molar-refractivity contribution in [2.45, 2.75) is 32.7 Å². The van der Waals surface area contributed by atoms with E-state index in [1.807, 2.05) is 13.2 Å². The van der Waals surface area contributed by atoms with Gasteiger partial charge >= 0.3 is 0 Å². The summed E-state index contributed by atoms with van der Waals surface area (Å²) < 4.78 is 1.77. The Balaban J connectivity index is 2.20. The van der Waals surface area contributed by atoms with Gasteiger partial charge in [-0.3, -0.25) is 4.68 Å². The monoisotopic (exact) mass is 194 g/mol. The maximum absolute atomic E-state index is 4.18. The molecular formula is C10H18N4. The predicted octanol–water partition coefficient (Wildman–Crippen LogP) is 1.27. The summed E-state index contributed by atoms with van der Waals surface area (Å²) in [6.07, 6.45) is 4.42. The molecule has 1 N–H and O–H groups in total. The molecule has 0 bridgehead atoms. The highest BCUT2D eigenvalue weighted by Crippen LogP contribution is 2.45. The van der Waals surface area contributed by atoms with Gasteiger partial charge in [-0.25, -0.2) is 0 Å². The summed E-state index contributed by atoms with van der Waals surface area (Å²) in [6, 6.07) is 0.409. The second-order valence-electron chi connectivity index (χ2n) is 4.20. The maximum atomic E-state index is 4.18. The summed E-state index contributed by atoms with van der Waals surface area (Å²) in [5.74, 6) is 0. The minimum absolute atomic E-state index is 0.409. The second kappa shape index (κ2) is 3.35. The van der Waals surface area contributed by atoms with Crippen LogP contribution < -0.4 is 5.32 Å². The van der Waals surface area contributed by atoms with Gasteiger partial charge in [0.25, 0.3) is 0 Å². The number of rotatable bonds is 3. The molecule has 1 aliphatic heterocycles. The Bertz CT molecular complexity index is 308. The van der Waals surface area contributed by atoms with Crippen molar-refractivity contribution in [3.8, 4) is 0 Å². The Morgan fingerprint density at radius 3 is 2.64 bits per heavy atom. The molecule has 0 spiro atoms. The van der Waals surface area contributed by atoms with Crippen LogP contribution in [-0.4, -0.2) is 21.5 Å². The molecule has 1 aliphatic rings. The molecule has 0 aromatic carbocycles.